The maximum absolute atomic E-state index is 14.5. The molecular formula is C25H25F3N4O. The lowest BCUT2D eigenvalue weighted by Crippen LogP contribution is -2.31. The van der Waals surface area contributed by atoms with Gasteiger partial charge in [-0.2, -0.15) is 0 Å². The van der Waals surface area contributed by atoms with Crippen molar-refractivity contribution >= 4 is 11.5 Å². The van der Waals surface area contributed by atoms with E-state index in [1.807, 2.05) is 6.07 Å². The molecule has 4 N–H and O–H groups in total. The highest BCUT2D eigenvalue weighted by Gasteiger charge is 2.28. The maximum atomic E-state index is 14.5. The Balaban J connectivity index is 1.68. The number of carbonyl (C=O) groups is 1. The van der Waals surface area contributed by atoms with Crippen molar-refractivity contribution in [2.24, 2.45) is 11.7 Å². The minimum absolute atomic E-state index is 0.0781. The van der Waals surface area contributed by atoms with Gasteiger partial charge in [0.25, 0.3) is 0 Å². The van der Waals surface area contributed by atoms with Gasteiger partial charge in [0.15, 0.2) is 11.6 Å². The molecule has 1 fully saturated rings. The molecule has 1 aliphatic carbocycles. The third-order valence-corrected chi connectivity index (χ3v) is 6.18. The van der Waals surface area contributed by atoms with E-state index in [2.05, 4.69) is 16.9 Å². The molecule has 0 saturated heterocycles. The van der Waals surface area contributed by atoms with Crippen LogP contribution in [0.15, 0.2) is 42.7 Å². The third-order valence-electron chi connectivity index (χ3n) is 6.18. The standard InChI is InChI=1S/C25H25F3N4O/c1-13-7-14(9-16(29)8-13)17-5-6-31-12-15(17)10-22(33)25-21(30)11-20(28)24(32-25)23-18(26)3-2-4-19(23)27/h2-6,11-14,16H,7-10,29-30H2,1H3/t13-,14+,16-/m0/s1. The number of hydrogen-bond acceptors (Lipinski definition) is 5. The summed E-state index contributed by atoms with van der Waals surface area (Å²) in [5, 5.41) is 0. The van der Waals surface area contributed by atoms with Crippen LogP contribution in [0.5, 0.6) is 0 Å². The molecule has 3 atom stereocenters. The summed E-state index contributed by atoms with van der Waals surface area (Å²) in [4.78, 5) is 21.3. The summed E-state index contributed by atoms with van der Waals surface area (Å²) in [6.07, 6.45) is 5.94. The van der Waals surface area contributed by atoms with Crippen LogP contribution in [-0.4, -0.2) is 21.8 Å². The summed E-state index contributed by atoms with van der Waals surface area (Å²) < 4.78 is 43.0. The predicted octanol–water partition coefficient (Wildman–Crippen LogP) is 4.80. The normalized spacial score (nSPS) is 20.6. The van der Waals surface area contributed by atoms with Crippen molar-refractivity contribution in [2.45, 2.75) is 44.6 Å². The van der Waals surface area contributed by atoms with E-state index in [4.69, 9.17) is 11.5 Å². The van der Waals surface area contributed by atoms with E-state index in [1.165, 1.54) is 0 Å². The average molecular weight is 454 g/mol. The Morgan fingerprint density at radius 2 is 1.82 bits per heavy atom. The zero-order valence-corrected chi connectivity index (χ0v) is 18.2. The Labute approximate surface area is 190 Å². The van der Waals surface area contributed by atoms with Crippen LogP contribution in [0.25, 0.3) is 11.3 Å². The SMILES string of the molecule is C[C@@H]1C[C@H](N)C[C@H](c2ccncc2CC(=O)c2nc(-c3c(F)cccc3F)c(F)cc2N)C1. The Bertz CT molecular complexity index is 1170. The quantitative estimate of drug-likeness (QED) is 0.540. The number of nitrogens with two attached hydrogens (primary N) is 2. The van der Waals surface area contributed by atoms with Gasteiger partial charge in [0.1, 0.15) is 23.0 Å². The number of benzene rings is 1. The Morgan fingerprint density at radius 1 is 1.09 bits per heavy atom. The number of nitrogen functional groups attached to an aromatic ring is 1. The maximum Gasteiger partial charge on any atom is 0.187 e. The number of pyridine rings is 2. The van der Waals surface area contributed by atoms with Gasteiger partial charge >= 0.3 is 0 Å². The van der Waals surface area contributed by atoms with Crippen molar-refractivity contribution in [1.29, 1.82) is 0 Å². The van der Waals surface area contributed by atoms with Gasteiger partial charge in [-0.05, 0) is 60.4 Å². The van der Waals surface area contributed by atoms with Crippen molar-refractivity contribution in [1.82, 2.24) is 9.97 Å². The van der Waals surface area contributed by atoms with E-state index in [0.717, 1.165) is 49.1 Å². The molecule has 2 aromatic heterocycles. The second kappa shape index (κ2) is 9.31. The van der Waals surface area contributed by atoms with Gasteiger partial charge in [-0.1, -0.05) is 13.0 Å². The van der Waals surface area contributed by atoms with Crippen LogP contribution in [-0.2, 0) is 6.42 Å². The molecule has 33 heavy (non-hydrogen) atoms. The molecule has 0 unspecified atom stereocenters. The van der Waals surface area contributed by atoms with Gasteiger partial charge in [0.05, 0.1) is 11.3 Å². The minimum Gasteiger partial charge on any atom is -0.397 e. The monoisotopic (exact) mass is 454 g/mol. The Kier molecular flexibility index (Phi) is 6.47. The fourth-order valence-corrected chi connectivity index (χ4v) is 4.78. The van der Waals surface area contributed by atoms with Crippen LogP contribution in [0, 0.1) is 23.4 Å². The van der Waals surface area contributed by atoms with E-state index in [9.17, 15) is 18.0 Å². The molecule has 1 aliphatic rings. The highest BCUT2D eigenvalue weighted by molar-refractivity contribution is 6.00. The van der Waals surface area contributed by atoms with Crippen molar-refractivity contribution in [3.8, 4) is 11.3 Å². The molecule has 0 bridgehead atoms. The lowest BCUT2D eigenvalue weighted by atomic mass is 9.75. The van der Waals surface area contributed by atoms with E-state index < -0.39 is 34.5 Å². The van der Waals surface area contributed by atoms with Crippen LogP contribution in [0.3, 0.4) is 0 Å². The number of hydrogen-bond donors (Lipinski definition) is 2. The number of anilines is 1. The van der Waals surface area contributed by atoms with Crippen LogP contribution < -0.4 is 11.5 Å². The summed E-state index contributed by atoms with van der Waals surface area (Å²) in [7, 11) is 0. The zero-order chi connectivity index (χ0) is 23.7. The second-order valence-electron chi connectivity index (χ2n) is 8.80. The first-order valence-electron chi connectivity index (χ1n) is 10.9. The highest BCUT2D eigenvalue weighted by Crippen LogP contribution is 2.37. The molecule has 0 amide bonds. The number of halogens is 3. The Hall–Kier alpha value is -3.26. The summed E-state index contributed by atoms with van der Waals surface area (Å²) in [6.45, 7) is 2.16. The van der Waals surface area contributed by atoms with Gasteiger partial charge in [0, 0.05) is 30.9 Å². The smallest absolute Gasteiger partial charge is 0.187 e. The topological polar surface area (TPSA) is 94.9 Å². The zero-order valence-electron chi connectivity index (χ0n) is 18.2. The van der Waals surface area contributed by atoms with Crippen LogP contribution in [0.4, 0.5) is 18.9 Å². The fraction of sp³-hybridized carbons (Fsp3) is 0.320. The predicted molar refractivity (Wildman–Crippen MR) is 120 cm³/mol. The molecule has 0 radical (unpaired) electrons. The van der Waals surface area contributed by atoms with Crippen LogP contribution in [0.1, 0.15) is 53.7 Å². The third kappa shape index (κ3) is 4.75. The first-order valence-corrected chi connectivity index (χ1v) is 10.9. The minimum atomic E-state index is -1.01. The molecule has 0 spiro atoms. The number of aromatic nitrogens is 2. The molecule has 8 heteroatoms. The average Bonchev–Trinajstić information content (AvgIpc) is 2.74. The van der Waals surface area contributed by atoms with E-state index in [1.54, 1.807) is 12.4 Å². The molecule has 172 valence electrons. The number of rotatable bonds is 5. The molecule has 1 aromatic carbocycles. The van der Waals surface area contributed by atoms with Crippen LogP contribution >= 0.6 is 0 Å². The van der Waals surface area contributed by atoms with Crippen LogP contribution in [0.2, 0.25) is 0 Å². The summed E-state index contributed by atoms with van der Waals surface area (Å²) in [5.41, 5.74) is 12.1. The first kappa shape index (κ1) is 22.9. The second-order valence-corrected chi connectivity index (χ2v) is 8.80. The molecule has 0 aliphatic heterocycles. The van der Waals surface area contributed by atoms with Crippen molar-refractivity contribution < 1.29 is 18.0 Å². The lowest BCUT2D eigenvalue weighted by molar-refractivity contribution is 0.0988. The molecule has 4 rings (SSSR count). The fourth-order valence-electron chi connectivity index (χ4n) is 4.78. The molecule has 5 nitrogen and oxygen atoms in total. The van der Waals surface area contributed by atoms with Crippen molar-refractivity contribution in [3.63, 3.8) is 0 Å². The van der Waals surface area contributed by atoms with E-state index >= 15 is 0 Å². The van der Waals surface area contributed by atoms with Gasteiger partial charge in [-0.25, -0.2) is 18.2 Å². The molecule has 2 heterocycles. The summed E-state index contributed by atoms with van der Waals surface area (Å²) >= 11 is 0. The van der Waals surface area contributed by atoms with Gasteiger partial charge in [-0.3, -0.25) is 9.78 Å². The largest absolute Gasteiger partial charge is 0.397 e. The number of carbonyl (C=O) groups excluding carboxylic acids is 1. The number of nitrogens with zero attached hydrogens (tertiary/aromatic N) is 2. The van der Waals surface area contributed by atoms with Crippen molar-refractivity contribution in [3.05, 3.63) is 77.0 Å². The number of ketones is 1. The van der Waals surface area contributed by atoms with Gasteiger partial charge in [-0.15, -0.1) is 0 Å². The molecule has 1 saturated carbocycles. The lowest BCUT2D eigenvalue weighted by Gasteiger charge is -2.32. The molecule has 3 aromatic rings. The van der Waals surface area contributed by atoms with Crippen molar-refractivity contribution in [2.75, 3.05) is 5.73 Å². The number of Topliss-reactive ketones (excluding diaryl/α,β-unsaturated/α-hetero) is 1. The van der Waals surface area contributed by atoms with E-state index in [-0.39, 0.29) is 29.8 Å². The van der Waals surface area contributed by atoms with E-state index in [0.29, 0.717) is 11.5 Å². The first-order chi connectivity index (χ1) is 15.7. The van der Waals surface area contributed by atoms with Gasteiger partial charge in [0.2, 0.25) is 0 Å². The highest BCUT2D eigenvalue weighted by atomic mass is 19.1. The molecular weight excluding hydrogens is 429 g/mol. The summed E-state index contributed by atoms with van der Waals surface area (Å²) in [6, 6.07) is 6.00. The summed E-state index contributed by atoms with van der Waals surface area (Å²) in [5.74, 6) is -2.82. The van der Waals surface area contributed by atoms with Gasteiger partial charge < -0.3 is 11.5 Å². The Morgan fingerprint density at radius 3 is 2.52 bits per heavy atom.